The summed E-state index contributed by atoms with van der Waals surface area (Å²) in [6.45, 7) is 0. The van der Waals surface area contributed by atoms with Crippen molar-refractivity contribution in [3.05, 3.63) is 81.9 Å². The third-order valence-corrected chi connectivity index (χ3v) is 5.63. The monoisotopic (exact) mass is 426 g/mol. The second-order valence-corrected chi connectivity index (χ2v) is 7.71. The molecule has 1 atom stereocenters. The Morgan fingerprint density at radius 3 is 2.46 bits per heavy atom. The summed E-state index contributed by atoms with van der Waals surface area (Å²) in [5.41, 5.74) is -0.106. The second-order valence-electron chi connectivity index (χ2n) is 5.74. The van der Waals surface area contributed by atoms with Crippen molar-refractivity contribution in [2.75, 3.05) is 5.75 Å². The highest BCUT2D eigenvalue weighted by Crippen LogP contribution is 2.30. The van der Waals surface area contributed by atoms with E-state index in [1.165, 1.54) is 29.5 Å². The summed E-state index contributed by atoms with van der Waals surface area (Å²) >= 11 is 2.49. The van der Waals surface area contributed by atoms with Gasteiger partial charge >= 0.3 is 6.18 Å². The van der Waals surface area contributed by atoms with Crippen LogP contribution < -0.4 is 5.32 Å². The zero-order valence-corrected chi connectivity index (χ0v) is 15.9. The third kappa shape index (κ3) is 5.32. The van der Waals surface area contributed by atoms with E-state index in [4.69, 9.17) is 0 Å². The number of hydrogen-bond acceptors (Lipinski definition) is 4. The molecule has 1 aromatic carbocycles. The van der Waals surface area contributed by atoms with E-state index in [2.05, 4.69) is 10.3 Å². The molecular weight excluding hydrogens is 412 g/mol. The number of pyridine rings is 1. The molecule has 2 aromatic heterocycles. The molecule has 0 aliphatic heterocycles. The van der Waals surface area contributed by atoms with Gasteiger partial charge in [-0.15, -0.1) is 11.3 Å². The molecule has 2 heterocycles. The van der Waals surface area contributed by atoms with E-state index >= 15 is 0 Å². The summed E-state index contributed by atoms with van der Waals surface area (Å²) < 4.78 is 50.9. The number of benzene rings is 1. The number of halogens is 4. The molecule has 0 saturated carbocycles. The number of hydrogen-bond donors (Lipinski definition) is 1. The maximum Gasteiger partial charge on any atom is 0.417 e. The normalized spacial score (nSPS) is 12.6. The molecule has 0 aliphatic carbocycles. The Labute approximate surface area is 166 Å². The lowest BCUT2D eigenvalue weighted by molar-refractivity contribution is -0.137. The van der Waals surface area contributed by atoms with E-state index in [1.807, 2.05) is 17.5 Å². The lowest BCUT2D eigenvalue weighted by Crippen LogP contribution is -2.30. The van der Waals surface area contributed by atoms with Crippen LogP contribution in [0.5, 0.6) is 0 Å². The van der Waals surface area contributed by atoms with Crippen molar-refractivity contribution >= 4 is 29.0 Å². The van der Waals surface area contributed by atoms with Crippen molar-refractivity contribution < 1.29 is 22.4 Å². The average molecular weight is 426 g/mol. The van der Waals surface area contributed by atoms with Gasteiger partial charge in [0.05, 0.1) is 22.4 Å². The van der Waals surface area contributed by atoms with Gasteiger partial charge in [0.2, 0.25) is 5.91 Å². The van der Waals surface area contributed by atoms with E-state index < -0.39 is 17.8 Å². The molecule has 9 heteroatoms. The molecule has 28 heavy (non-hydrogen) atoms. The van der Waals surface area contributed by atoms with Crippen LogP contribution in [-0.2, 0) is 11.0 Å². The maximum atomic E-state index is 13.2. The summed E-state index contributed by atoms with van der Waals surface area (Å²) in [5.74, 6) is -0.695. The van der Waals surface area contributed by atoms with Crippen molar-refractivity contribution in [3.8, 4) is 0 Å². The van der Waals surface area contributed by atoms with Crippen LogP contribution in [0.2, 0.25) is 0 Å². The fraction of sp³-hybridized carbons (Fsp3) is 0.158. The number of carbonyl (C=O) groups is 1. The zero-order chi connectivity index (χ0) is 20.1. The highest BCUT2D eigenvalue weighted by atomic mass is 32.2. The van der Waals surface area contributed by atoms with E-state index in [9.17, 15) is 22.4 Å². The van der Waals surface area contributed by atoms with E-state index in [1.54, 1.807) is 12.1 Å². The average Bonchev–Trinajstić information content (AvgIpc) is 3.19. The van der Waals surface area contributed by atoms with Crippen LogP contribution in [0.4, 0.5) is 17.6 Å². The number of amides is 1. The van der Waals surface area contributed by atoms with Crippen LogP contribution >= 0.6 is 23.1 Å². The van der Waals surface area contributed by atoms with Gasteiger partial charge in [-0.2, -0.15) is 13.2 Å². The Kier molecular flexibility index (Phi) is 6.35. The number of nitrogens with zero attached hydrogens (tertiary/aromatic N) is 1. The zero-order valence-electron chi connectivity index (χ0n) is 14.2. The standard InChI is InChI=1S/C19H14F4N2OS2/c20-14-6-3-12(4-7-14)18(15-2-1-9-27-15)25-16(26)11-28-17-8-5-13(10-24-17)19(21,22)23/h1-10,18H,11H2,(H,25,26). The first kappa shape index (κ1) is 20.3. The molecule has 1 amide bonds. The summed E-state index contributed by atoms with van der Waals surface area (Å²) in [7, 11) is 0. The van der Waals surface area contributed by atoms with Gasteiger partial charge in [0, 0.05) is 11.1 Å². The molecule has 0 aliphatic rings. The minimum Gasteiger partial charge on any atom is -0.344 e. The first-order valence-corrected chi connectivity index (χ1v) is 9.94. The molecule has 3 nitrogen and oxygen atoms in total. The van der Waals surface area contributed by atoms with E-state index in [0.29, 0.717) is 5.03 Å². The Balaban J connectivity index is 1.65. The van der Waals surface area contributed by atoms with Gasteiger partial charge < -0.3 is 5.32 Å². The number of nitrogens with one attached hydrogen (secondary N) is 1. The Bertz CT molecular complexity index is 911. The van der Waals surface area contributed by atoms with Crippen molar-refractivity contribution in [2.45, 2.75) is 17.2 Å². The topological polar surface area (TPSA) is 42.0 Å². The van der Waals surface area contributed by atoms with E-state index in [-0.39, 0.29) is 17.5 Å². The molecule has 0 saturated heterocycles. The van der Waals surface area contributed by atoms with E-state index in [0.717, 1.165) is 34.5 Å². The van der Waals surface area contributed by atoms with Crippen molar-refractivity contribution in [1.82, 2.24) is 10.3 Å². The van der Waals surface area contributed by atoms with Crippen LogP contribution in [0.25, 0.3) is 0 Å². The van der Waals surface area contributed by atoms with Crippen LogP contribution in [0.1, 0.15) is 22.0 Å². The number of carbonyl (C=O) groups excluding carboxylic acids is 1. The summed E-state index contributed by atoms with van der Waals surface area (Å²) in [6, 6.07) is 11.3. The quantitative estimate of drug-likeness (QED) is 0.430. The Morgan fingerprint density at radius 2 is 1.89 bits per heavy atom. The van der Waals surface area contributed by atoms with Gasteiger partial charge in [-0.05, 0) is 41.3 Å². The molecule has 1 N–H and O–H groups in total. The van der Waals surface area contributed by atoms with Gasteiger partial charge in [0.1, 0.15) is 5.82 Å². The SMILES string of the molecule is O=C(CSc1ccc(C(F)(F)F)cn1)NC(c1ccc(F)cc1)c1cccs1. The molecule has 0 fully saturated rings. The lowest BCUT2D eigenvalue weighted by atomic mass is 10.1. The van der Waals surface area contributed by atoms with Crippen molar-refractivity contribution in [3.63, 3.8) is 0 Å². The second kappa shape index (κ2) is 8.74. The number of thiophene rings is 1. The molecule has 146 valence electrons. The molecule has 1 unspecified atom stereocenters. The Hall–Kier alpha value is -2.39. The molecule has 0 spiro atoms. The van der Waals surface area contributed by atoms with Crippen LogP contribution in [-0.4, -0.2) is 16.6 Å². The first-order chi connectivity index (χ1) is 13.3. The van der Waals surface area contributed by atoms with Gasteiger partial charge in [0.15, 0.2) is 0 Å². The number of aromatic nitrogens is 1. The highest BCUT2D eigenvalue weighted by molar-refractivity contribution is 7.99. The molecule has 3 aromatic rings. The number of alkyl halides is 3. The van der Waals surface area contributed by atoms with Gasteiger partial charge in [-0.3, -0.25) is 4.79 Å². The summed E-state index contributed by atoms with van der Waals surface area (Å²) in [5, 5.41) is 5.07. The lowest BCUT2D eigenvalue weighted by Gasteiger charge is -2.18. The van der Waals surface area contributed by atoms with Gasteiger partial charge in [0.25, 0.3) is 0 Å². The third-order valence-electron chi connectivity index (χ3n) is 3.75. The molecular formula is C19H14F4N2OS2. The largest absolute Gasteiger partial charge is 0.417 e. The van der Waals surface area contributed by atoms with Gasteiger partial charge in [-0.25, -0.2) is 9.37 Å². The fourth-order valence-electron chi connectivity index (χ4n) is 2.40. The minimum atomic E-state index is -4.45. The predicted molar refractivity (Wildman–Crippen MR) is 101 cm³/mol. The highest BCUT2D eigenvalue weighted by Gasteiger charge is 2.30. The fourth-order valence-corrected chi connectivity index (χ4v) is 3.86. The van der Waals surface area contributed by atoms with Crippen LogP contribution in [0, 0.1) is 5.82 Å². The smallest absolute Gasteiger partial charge is 0.344 e. The van der Waals surface area contributed by atoms with Crippen molar-refractivity contribution in [2.24, 2.45) is 0 Å². The number of thioether (sulfide) groups is 1. The molecule has 0 bridgehead atoms. The summed E-state index contributed by atoms with van der Waals surface area (Å²) in [6.07, 6.45) is -3.70. The predicted octanol–water partition coefficient (Wildman–Crippen LogP) is 5.30. The van der Waals surface area contributed by atoms with Crippen LogP contribution in [0.15, 0.2) is 65.1 Å². The minimum absolute atomic E-state index is 0.0125. The maximum absolute atomic E-state index is 13.2. The number of rotatable bonds is 6. The van der Waals surface area contributed by atoms with Crippen LogP contribution in [0.3, 0.4) is 0 Å². The summed E-state index contributed by atoms with van der Waals surface area (Å²) in [4.78, 5) is 17.0. The van der Waals surface area contributed by atoms with Gasteiger partial charge in [-0.1, -0.05) is 30.0 Å². The molecule has 3 rings (SSSR count). The molecule has 0 radical (unpaired) electrons. The first-order valence-electron chi connectivity index (χ1n) is 8.07. The Morgan fingerprint density at radius 1 is 1.14 bits per heavy atom. The van der Waals surface area contributed by atoms with Crippen molar-refractivity contribution in [1.29, 1.82) is 0 Å².